The van der Waals surface area contributed by atoms with Crippen LogP contribution in [-0.2, 0) is 15.3 Å². The quantitative estimate of drug-likeness (QED) is 0.490. The number of anilines is 1. The smallest absolute Gasteiger partial charge is 0.352 e. The molecule has 1 saturated heterocycles. The molecule has 1 aliphatic heterocycles. The second kappa shape index (κ2) is 5.76. The first kappa shape index (κ1) is 16.6. The standard InChI is InChI=1S/C13H19N3O6/c1-6(2)10(19)13(11(20)9(18)7(5-17)22-13)16-4-3-8(14)15-12(16)21/h3-4,6-7,9,11,17-18,20H,5H2,1-2H3,(H2,14,15,21)/t7-,9-,11-,13-/m1/s1. The summed E-state index contributed by atoms with van der Waals surface area (Å²) in [5, 5.41) is 29.6. The van der Waals surface area contributed by atoms with E-state index in [9.17, 15) is 24.9 Å². The molecule has 5 N–H and O–H groups in total. The van der Waals surface area contributed by atoms with E-state index in [2.05, 4.69) is 4.98 Å². The Morgan fingerprint density at radius 2 is 2.18 bits per heavy atom. The van der Waals surface area contributed by atoms with E-state index in [1.807, 2.05) is 0 Å². The fourth-order valence-corrected chi connectivity index (χ4v) is 2.55. The van der Waals surface area contributed by atoms with Crippen LogP contribution in [0.15, 0.2) is 17.1 Å². The average molecular weight is 313 g/mol. The summed E-state index contributed by atoms with van der Waals surface area (Å²) in [6.45, 7) is 2.51. The number of Topliss-reactive ketones (excluding diaryl/α,β-unsaturated/α-hetero) is 1. The minimum Gasteiger partial charge on any atom is -0.394 e. The minimum atomic E-state index is -2.15. The van der Waals surface area contributed by atoms with E-state index in [4.69, 9.17) is 10.5 Å². The second-order valence-corrected chi connectivity index (χ2v) is 5.49. The van der Waals surface area contributed by atoms with Crippen LogP contribution in [0.2, 0.25) is 0 Å². The number of nitrogens with zero attached hydrogens (tertiary/aromatic N) is 2. The lowest BCUT2D eigenvalue weighted by Gasteiger charge is -2.33. The molecule has 2 rings (SSSR count). The Morgan fingerprint density at radius 3 is 2.64 bits per heavy atom. The van der Waals surface area contributed by atoms with Gasteiger partial charge in [-0.25, -0.2) is 4.79 Å². The molecule has 9 nitrogen and oxygen atoms in total. The van der Waals surface area contributed by atoms with Crippen LogP contribution in [0, 0.1) is 5.92 Å². The second-order valence-electron chi connectivity index (χ2n) is 5.49. The normalized spacial score (nSPS) is 31.6. The fourth-order valence-electron chi connectivity index (χ4n) is 2.55. The molecule has 1 aromatic rings. The lowest BCUT2D eigenvalue weighted by molar-refractivity contribution is -0.179. The SMILES string of the molecule is CC(C)C(=O)[C@@]1(n2ccc(N)nc2=O)O[C@H](CO)[C@@H](O)[C@H]1O. The van der Waals surface area contributed by atoms with Gasteiger partial charge in [-0.1, -0.05) is 13.8 Å². The van der Waals surface area contributed by atoms with Gasteiger partial charge in [-0.3, -0.25) is 9.36 Å². The number of rotatable bonds is 4. The number of hydrogen-bond acceptors (Lipinski definition) is 8. The summed E-state index contributed by atoms with van der Waals surface area (Å²) in [5.74, 6) is -1.28. The maximum atomic E-state index is 12.6. The van der Waals surface area contributed by atoms with Crippen molar-refractivity contribution in [3.63, 3.8) is 0 Å². The van der Waals surface area contributed by atoms with Gasteiger partial charge in [0.05, 0.1) is 6.61 Å². The Labute approximate surface area is 126 Å². The van der Waals surface area contributed by atoms with Crippen molar-refractivity contribution in [3.05, 3.63) is 22.7 Å². The van der Waals surface area contributed by atoms with Gasteiger partial charge in [0.15, 0.2) is 5.78 Å². The van der Waals surface area contributed by atoms with Crippen molar-refractivity contribution in [2.45, 2.75) is 37.9 Å². The van der Waals surface area contributed by atoms with Crippen LogP contribution in [0.25, 0.3) is 0 Å². The van der Waals surface area contributed by atoms with Crippen molar-refractivity contribution in [2.75, 3.05) is 12.3 Å². The van der Waals surface area contributed by atoms with E-state index in [0.717, 1.165) is 4.57 Å². The van der Waals surface area contributed by atoms with Gasteiger partial charge in [0.1, 0.15) is 24.1 Å². The lowest BCUT2D eigenvalue weighted by atomic mass is 9.91. The summed E-state index contributed by atoms with van der Waals surface area (Å²) in [6, 6.07) is 1.27. The van der Waals surface area contributed by atoms with Crippen LogP contribution in [0.5, 0.6) is 0 Å². The number of hydrogen-bond donors (Lipinski definition) is 4. The molecule has 9 heteroatoms. The Balaban J connectivity index is 2.67. The molecular weight excluding hydrogens is 294 g/mol. The molecule has 1 aromatic heterocycles. The number of aliphatic hydroxyl groups excluding tert-OH is 3. The Hall–Kier alpha value is -1.81. The zero-order valence-electron chi connectivity index (χ0n) is 12.2. The Morgan fingerprint density at radius 1 is 1.55 bits per heavy atom. The number of ketones is 1. The number of carbonyl (C=O) groups is 1. The molecule has 0 aliphatic carbocycles. The largest absolute Gasteiger partial charge is 0.394 e. The van der Waals surface area contributed by atoms with Crippen molar-refractivity contribution >= 4 is 11.6 Å². The maximum Gasteiger partial charge on any atom is 0.352 e. The van der Waals surface area contributed by atoms with Crippen LogP contribution < -0.4 is 11.4 Å². The molecule has 1 aliphatic rings. The zero-order valence-corrected chi connectivity index (χ0v) is 12.2. The highest BCUT2D eigenvalue weighted by Gasteiger charge is 2.60. The zero-order chi connectivity index (χ0) is 16.7. The van der Waals surface area contributed by atoms with Gasteiger partial charge in [-0.15, -0.1) is 0 Å². The first-order valence-corrected chi connectivity index (χ1v) is 6.80. The summed E-state index contributed by atoms with van der Waals surface area (Å²) in [7, 11) is 0. The summed E-state index contributed by atoms with van der Waals surface area (Å²) in [4.78, 5) is 28.2. The van der Waals surface area contributed by atoms with E-state index in [0.29, 0.717) is 0 Å². The molecule has 4 atom stereocenters. The molecule has 0 spiro atoms. The van der Waals surface area contributed by atoms with E-state index in [-0.39, 0.29) is 5.82 Å². The molecule has 0 amide bonds. The highest BCUT2D eigenvalue weighted by Crippen LogP contribution is 2.37. The first-order valence-electron chi connectivity index (χ1n) is 6.80. The molecule has 1 fully saturated rings. The van der Waals surface area contributed by atoms with Gasteiger partial charge >= 0.3 is 5.69 Å². The molecule has 0 unspecified atom stereocenters. The van der Waals surface area contributed by atoms with Gasteiger partial charge in [0.25, 0.3) is 0 Å². The topological polar surface area (TPSA) is 148 Å². The molecule has 2 heterocycles. The molecule has 0 saturated carbocycles. The number of nitrogens with two attached hydrogens (primary N) is 1. The number of aromatic nitrogens is 2. The average Bonchev–Trinajstić information content (AvgIpc) is 2.72. The predicted octanol–water partition coefficient (Wildman–Crippen LogP) is -2.18. The van der Waals surface area contributed by atoms with Crippen LogP contribution >= 0.6 is 0 Å². The first-order chi connectivity index (χ1) is 10.3. The van der Waals surface area contributed by atoms with Gasteiger partial charge in [0.2, 0.25) is 5.72 Å². The van der Waals surface area contributed by atoms with Crippen molar-refractivity contribution < 1.29 is 24.9 Å². The highest BCUT2D eigenvalue weighted by atomic mass is 16.6. The van der Waals surface area contributed by atoms with E-state index >= 15 is 0 Å². The number of nitrogen functional groups attached to an aromatic ring is 1. The van der Waals surface area contributed by atoms with Gasteiger partial charge < -0.3 is 25.8 Å². The number of aliphatic hydroxyl groups is 3. The summed E-state index contributed by atoms with van der Waals surface area (Å²) in [6.07, 6.45) is -3.30. The third kappa shape index (κ3) is 2.31. The summed E-state index contributed by atoms with van der Waals surface area (Å²) in [5.41, 5.74) is 2.36. The Kier molecular flexibility index (Phi) is 4.34. The summed E-state index contributed by atoms with van der Waals surface area (Å²) >= 11 is 0. The van der Waals surface area contributed by atoms with Crippen molar-refractivity contribution in [1.82, 2.24) is 9.55 Å². The molecule has 22 heavy (non-hydrogen) atoms. The third-order valence-corrected chi connectivity index (χ3v) is 3.68. The minimum absolute atomic E-state index is 0.0554. The number of ether oxygens (including phenoxy) is 1. The molecule has 0 aromatic carbocycles. The Bertz CT molecular complexity index is 630. The van der Waals surface area contributed by atoms with Crippen molar-refractivity contribution in [2.24, 2.45) is 5.92 Å². The van der Waals surface area contributed by atoms with Gasteiger partial charge in [-0.2, -0.15) is 4.98 Å². The molecular formula is C13H19N3O6. The van der Waals surface area contributed by atoms with Crippen molar-refractivity contribution in [1.29, 1.82) is 0 Å². The lowest BCUT2D eigenvalue weighted by Crippen LogP contribution is -2.57. The molecule has 0 radical (unpaired) electrons. The van der Waals surface area contributed by atoms with Crippen molar-refractivity contribution in [3.8, 4) is 0 Å². The fraction of sp³-hybridized carbons (Fsp3) is 0.615. The van der Waals surface area contributed by atoms with Gasteiger partial charge in [-0.05, 0) is 6.07 Å². The maximum absolute atomic E-state index is 12.6. The summed E-state index contributed by atoms with van der Waals surface area (Å²) < 4.78 is 6.24. The van der Waals surface area contributed by atoms with Gasteiger partial charge in [0, 0.05) is 12.1 Å². The van der Waals surface area contributed by atoms with E-state index in [1.54, 1.807) is 13.8 Å². The van der Waals surface area contributed by atoms with Crippen LogP contribution in [-0.4, -0.2) is 55.6 Å². The molecule has 0 bridgehead atoms. The predicted molar refractivity (Wildman–Crippen MR) is 74.7 cm³/mol. The van der Waals surface area contributed by atoms with Crippen LogP contribution in [0.3, 0.4) is 0 Å². The van der Waals surface area contributed by atoms with Crippen LogP contribution in [0.1, 0.15) is 13.8 Å². The monoisotopic (exact) mass is 313 g/mol. The van der Waals surface area contributed by atoms with E-state index in [1.165, 1.54) is 12.3 Å². The highest BCUT2D eigenvalue weighted by molar-refractivity contribution is 5.88. The molecule has 122 valence electrons. The van der Waals surface area contributed by atoms with E-state index < -0.39 is 48.0 Å². The van der Waals surface area contributed by atoms with Crippen LogP contribution in [0.4, 0.5) is 5.82 Å². The third-order valence-electron chi connectivity index (χ3n) is 3.68. The number of carbonyl (C=O) groups excluding carboxylic acids is 1.